The maximum atomic E-state index is 13.2. The first kappa shape index (κ1) is 20.0. The van der Waals surface area contributed by atoms with Gasteiger partial charge in [-0.3, -0.25) is 29.6 Å². The molecule has 31 heavy (non-hydrogen) atoms. The number of hydrogen-bond donors (Lipinski definition) is 0. The molecule has 0 aliphatic rings. The van der Waals surface area contributed by atoms with Gasteiger partial charge in [-0.15, -0.1) is 0 Å². The van der Waals surface area contributed by atoms with Gasteiger partial charge in [-0.2, -0.15) is 0 Å². The van der Waals surface area contributed by atoms with Crippen molar-refractivity contribution < 1.29 is 14.3 Å². The van der Waals surface area contributed by atoms with Crippen LogP contribution in [0.25, 0.3) is 28.7 Å². The molecule has 0 spiro atoms. The van der Waals surface area contributed by atoms with Gasteiger partial charge in [-0.05, 0) is 36.4 Å². The van der Waals surface area contributed by atoms with E-state index in [1.165, 1.54) is 41.0 Å². The highest BCUT2D eigenvalue weighted by Gasteiger charge is 2.17. The van der Waals surface area contributed by atoms with Crippen LogP contribution < -0.4 is 5.56 Å². The number of hydrogen-bond acceptors (Lipinski definition) is 7. The molecule has 0 N–H and O–H groups in total. The van der Waals surface area contributed by atoms with Gasteiger partial charge < -0.3 is 4.42 Å². The average molecular weight is 439 g/mol. The summed E-state index contributed by atoms with van der Waals surface area (Å²) in [6, 6.07) is 13.0. The van der Waals surface area contributed by atoms with E-state index >= 15 is 0 Å². The molecule has 2 aromatic carbocycles. The number of nitro groups is 2. The highest BCUT2D eigenvalue weighted by Crippen LogP contribution is 2.27. The fourth-order valence-corrected chi connectivity index (χ4v) is 3.23. The molecule has 4 aromatic rings. The summed E-state index contributed by atoms with van der Waals surface area (Å²) in [5, 5.41) is 22.1. The Hall–Kier alpha value is -4.31. The fourth-order valence-electron chi connectivity index (χ4n) is 2.97. The van der Waals surface area contributed by atoms with Gasteiger partial charge in [0.15, 0.2) is 0 Å². The molecule has 154 valence electrons. The second kappa shape index (κ2) is 7.84. The minimum absolute atomic E-state index is 0.0170. The molecule has 0 saturated carbocycles. The summed E-state index contributed by atoms with van der Waals surface area (Å²) in [4.78, 5) is 38.2. The van der Waals surface area contributed by atoms with E-state index in [1.807, 2.05) is 0 Å². The van der Waals surface area contributed by atoms with E-state index in [-0.39, 0.29) is 28.0 Å². The first-order valence-corrected chi connectivity index (χ1v) is 9.11. The molecule has 2 heterocycles. The van der Waals surface area contributed by atoms with E-state index in [4.69, 9.17) is 16.0 Å². The minimum Gasteiger partial charge on any atom is -0.401 e. The molecule has 4 rings (SSSR count). The summed E-state index contributed by atoms with van der Waals surface area (Å²) < 4.78 is 6.30. The smallest absolute Gasteiger partial charge is 0.401 e. The Kier molecular flexibility index (Phi) is 5.05. The number of nitrogens with zero attached hydrogens (tertiary/aromatic N) is 4. The predicted octanol–water partition coefficient (Wildman–Crippen LogP) is 4.62. The van der Waals surface area contributed by atoms with Crippen LogP contribution in [0, 0.1) is 20.2 Å². The van der Waals surface area contributed by atoms with Crippen LogP contribution in [0.2, 0.25) is 5.02 Å². The van der Waals surface area contributed by atoms with E-state index in [2.05, 4.69) is 4.98 Å². The first-order chi connectivity index (χ1) is 14.8. The summed E-state index contributed by atoms with van der Waals surface area (Å²) in [5.74, 6) is -0.101. The van der Waals surface area contributed by atoms with E-state index in [0.717, 1.165) is 6.07 Å². The number of nitro benzene ring substituents is 1. The molecule has 0 amide bonds. The normalized spacial score (nSPS) is 11.3. The van der Waals surface area contributed by atoms with Crippen molar-refractivity contribution in [2.24, 2.45) is 0 Å². The Morgan fingerprint density at radius 1 is 1.00 bits per heavy atom. The number of aromatic nitrogens is 2. The van der Waals surface area contributed by atoms with Crippen molar-refractivity contribution >= 4 is 46.2 Å². The van der Waals surface area contributed by atoms with Crippen LogP contribution in [0.15, 0.2) is 63.8 Å². The summed E-state index contributed by atoms with van der Waals surface area (Å²) in [7, 11) is 0. The van der Waals surface area contributed by atoms with Crippen LogP contribution in [0.3, 0.4) is 0 Å². The van der Waals surface area contributed by atoms with Crippen molar-refractivity contribution in [2.75, 3.05) is 0 Å². The van der Waals surface area contributed by atoms with Gasteiger partial charge in [-0.1, -0.05) is 23.7 Å². The van der Waals surface area contributed by atoms with Crippen molar-refractivity contribution in [1.29, 1.82) is 0 Å². The molecule has 0 bridgehead atoms. The number of benzene rings is 2. The number of non-ortho nitro benzene ring substituents is 1. The second-order valence-corrected chi connectivity index (χ2v) is 6.69. The minimum atomic E-state index is -0.668. The molecule has 11 heteroatoms. The molecule has 2 aromatic heterocycles. The molecule has 0 aliphatic carbocycles. The largest absolute Gasteiger partial charge is 0.433 e. The molecular formula is C20H11ClN4O6. The molecule has 10 nitrogen and oxygen atoms in total. The van der Waals surface area contributed by atoms with Crippen LogP contribution in [-0.2, 0) is 0 Å². The first-order valence-electron chi connectivity index (χ1n) is 8.73. The lowest BCUT2D eigenvalue weighted by Crippen LogP contribution is -2.22. The Balaban J connectivity index is 1.92. The van der Waals surface area contributed by atoms with Crippen molar-refractivity contribution in [3.63, 3.8) is 0 Å². The third-order valence-electron chi connectivity index (χ3n) is 4.37. The molecule has 0 radical (unpaired) electrons. The van der Waals surface area contributed by atoms with Crippen molar-refractivity contribution in [1.82, 2.24) is 9.55 Å². The maximum absolute atomic E-state index is 13.2. The number of para-hydroxylation sites is 1. The van der Waals surface area contributed by atoms with E-state index in [1.54, 1.807) is 24.3 Å². The van der Waals surface area contributed by atoms with E-state index < -0.39 is 21.3 Å². The quantitative estimate of drug-likeness (QED) is 0.327. The maximum Gasteiger partial charge on any atom is 0.433 e. The standard InChI is InChI=1S/C20H11ClN4O6/c21-15-11-12(24(27)28)5-8-17(15)23-18(9-6-13-7-10-19(31-13)25(29)30)22-16-4-2-1-3-14(16)20(23)26/h1-11H. The molecule has 0 saturated heterocycles. The van der Waals surface area contributed by atoms with Gasteiger partial charge in [0.2, 0.25) is 0 Å². The summed E-state index contributed by atoms with van der Waals surface area (Å²) in [6.45, 7) is 0. The van der Waals surface area contributed by atoms with Gasteiger partial charge in [0, 0.05) is 12.1 Å². The highest BCUT2D eigenvalue weighted by atomic mass is 35.5. The molecule has 0 atom stereocenters. The topological polar surface area (TPSA) is 134 Å². The van der Waals surface area contributed by atoms with Crippen LogP contribution >= 0.6 is 11.6 Å². The van der Waals surface area contributed by atoms with Crippen molar-refractivity contribution in [2.45, 2.75) is 0 Å². The Morgan fingerprint density at radius 2 is 1.77 bits per heavy atom. The van der Waals surface area contributed by atoms with Gasteiger partial charge in [0.1, 0.15) is 16.5 Å². The summed E-state index contributed by atoms with van der Waals surface area (Å²) in [5.41, 5.74) is -0.0468. The zero-order chi connectivity index (χ0) is 22.1. The van der Waals surface area contributed by atoms with Crippen LogP contribution in [0.1, 0.15) is 11.6 Å². The lowest BCUT2D eigenvalue weighted by atomic mass is 10.2. The number of furan rings is 1. The molecule has 0 fully saturated rings. The third kappa shape index (κ3) is 3.79. The second-order valence-electron chi connectivity index (χ2n) is 6.29. The lowest BCUT2D eigenvalue weighted by Gasteiger charge is -2.12. The molecule has 0 unspecified atom stereocenters. The summed E-state index contributed by atoms with van der Waals surface area (Å²) in [6.07, 6.45) is 2.85. The predicted molar refractivity (Wildman–Crippen MR) is 113 cm³/mol. The zero-order valence-electron chi connectivity index (χ0n) is 15.5. The zero-order valence-corrected chi connectivity index (χ0v) is 16.2. The number of halogens is 1. The van der Waals surface area contributed by atoms with Gasteiger partial charge >= 0.3 is 5.88 Å². The van der Waals surface area contributed by atoms with Crippen molar-refractivity contribution in [3.8, 4) is 5.69 Å². The summed E-state index contributed by atoms with van der Waals surface area (Å²) >= 11 is 6.25. The Labute approximate surface area is 177 Å². The Morgan fingerprint density at radius 3 is 2.45 bits per heavy atom. The lowest BCUT2D eigenvalue weighted by molar-refractivity contribution is -0.402. The van der Waals surface area contributed by atoms with Crippen molar-refractivity contribution in [3.05, 3.63) is 102 Å². The molecule has 0 aliphatic heterocycles. The fraction of sp³-hybridized carbons (Fsp3) is 0. The van der Waals surface area contributed by atoms with Gasteiger partial charge in [0.25, 0.3) is 11.2 Å². The monoisotopic (exact) mass is 438 g/mol. The number of rotatable bonds is 5. The third-order valence-corrected chi connectivity index (χ3v) is 4.68. The van der Waals surface area contributed by atoms with E-state index in [9.17, 15) is 25.0 Å². The average Bonchev–Trinajstić information content (AvgIpc) is 3.22. The van der Waals surface area contributed by atoms with Gasteiger partial charge in [-0.25, -0.2) is 4.98 Å². The highest BCUT2D eigenvalue weighted by molar-refractivity contribution is 6.32. The SMILES string of the molecule is O=c1c2ccccc2nc(C=Cc2ccc([N+](=O)[O-])o2)n1-c1ccc([N+](=O)[O-])cc1Cl. The van der Waals surface area contributed by atoms with Crippen LogP contribution in [0.5, 0.6) is 0 Å². The number of fused-ring (bicyclic) bond motifs is 1. The van der Waals surface area contributed by atoms with E-state index in [0.29, 0.717) is 10.9 Å². The Bertz CT molecular complexity index is 1440. The van der Waals surface area contributed by atoms with Crippen LogP contribution in [0.4, 0.5) is 11.6 Å². The molecular weight excluding hydrogens is 428 g/mol. The van der Waals surface area contributed by atoms with Gasteiger partial charge in [0.05, 0.1) is 32.6 Å². The van der Waals surface area contributed by atoms with Crippen LogP contribution in [-0.4, -0.2) is 19.4 Å².